The predicted octanol–water partition coefficient (Wildman–Crippen LogP) is 4.50. The minimum atomic E-state index is 0.603. The van der Waals surface area contributed by atoms with E-state index >= 15 is 0 Å². The third-order valence-electron chi connectivity index (χ3n) is 3.35. The summed E-state index contributed by atoms with van der Waals surface area (Å²) in [6.07, 6.45) is 2.91. The van der Waals surface area contributed by atoms with E-state index in [1.165, 1.54) is 6.42 Å². The molecule has 0 saturated heterocycles. The molecule has 4 heteroatoms. The van der Waals surface area contributed by atoms with Crippen LogP contribution in [0.4, 0.5) is 5.69 Å². The summed E-state index contributed by atoms with van der Waals surface area (Å²) in [7, 11) is 0. The first kappa shape index (κ1) is 12.3. The Morgan fingerprint density at radius 1 is 1.26 bits per heavy atom. The molecule has 2 atom stereocenters. The van der Waals surface area contributed by atoms with Crippen LogP contribution >= 0.6 is 11.6 Å². The molecular formula is C15H15ClN2O. The van der Waals surface area contributed by atoms with Gasteiger partial charge in [0.1, 0.15) is 11.5 Å². The van der Waals surface area contributed by atoms with Crippen LogP contribution in [0.5, 0.6) is 0 Å². The number of furan rings is 1. The summed E-state index contributed by atoms with van der Waals surface area (Å²) in [6.45, 7) is 2.24. The molecule has 0 spiro atoms. The van der Waals surface area contributed by atoms with Gasteiger partial charge in [0.05, 0.1) is 11.9 Å². The number of nitrogens with zero attached hydrogens (tertiary/aromatic N) is 1. The lowest BCUT2D eigenvalue weighted by molar-refractivity contribution is 0.500. The molecule has 1 fully saturated rings. The summed E-state index contributed by atoms with van der Waals surface area (Å²) in [5, 5.41) is 4.85. The minimum Gasteiger partial charge on any atom is -0.460 e. The van der Waals surface area contributed by atoms with Gasteiger partial charge in [-0.25, -0.2) is 0 Å². The molecule has 1 aromatic carbocycles. The van der Waals surface area contributed by atoms with Crippen LogP contribution in [0.3, 0.4) is 0 Å². The van der Waals surface area contributed by atoms with E-state index in [0.717, 1.165) is 23.1 Å². The molecule has 3 nitrogen and oxygen atoms in total. The van der Waals surface area contributed by atoms with E-state index in [1.54, 1.807) is 6.21 Å². The van der Waals surface area contributed by atoms with Crippen molar-refractivity contribution in [1.82, 2.24) is 0 Å². The van der Waals surface area contributed by atoms with Gasteiger partial charge >= 0.3 is 0 Å². The van der Waals surface area contributed by atoms with Crippen molar-refractivity contribution in [2.24, 2.45) is 11.0 Å². The van der Waals surface area contributed by atoms with Crippen LogP contribution in [-0.4, -0.2) is 6.21 Å². The van der Waals surface area contributed by atoms with Gasteiger partial charge in [-0.15, -0.1) is 0 Å². The second kappa shape index (κ2) is 5.10. The van der Waals surface area contributed by atoms with Crippen molar-refractivity contribution in [1.29, 1.82) is 0 Å². The Morgan fingerprint density at radius 2 is 2.00 bits per heavy atom. The lowest BCUT2D eigenvalue weighted by Gasteiger charge is -1.98. The van der Waals surface area contributed by atoms with Gasteiger partial charge in [0.25, 0.3) is 0 Å². The normalized spacial score (nSPS) is 21.8. The van der Waals surface area contributed by atoms with Crippen molar-refractivity contribution in [3.05, 3.63) is 52.9 Å². The summed E-state index contributed by atoms with van der Waals surface area (Å²) in [6, 6.07) is 11.4. The number of halogens is 1. The van der Waals surface area contributed by atoms with E-state index < -0.39 is 0 Å². The quantitative estimate of drug-likeness (QED) is 0.658. The lowest BCUT2D eigenvalue weighted by Crippen LogP contribution is -1.89. The Bertz CT molecular complexity index is 588. The summed E-state index contributed by atoms with van der Waals surface area (Å²) < 4.78 is 5.72. The summed E-state index contributed by atoms with van der Waals surface area (Å²) in [5.74, 6) is 3.20. The average Bonchev–Trinajstić information content (AvgIpc) is 2.96. The molecule has 1 heterocycles. The van der Waals surface area contributed by atoms with E-state index in [-0.39, 0.29) is 0 Å². The van der Waals surface area contributed by atoms with Gasteiger partial charge in [-0.3, -0.25) is 5.43 Å². The number of hydrazone groups is 1. The minimum absolute atomic E-state index is 0.603. The zero-order chi connectivity index (χ0) is 13.2. The van der Waals surface area contributed by atoms with Gasteiger partial charge in [-0.1, -0.05) is 18.5 Å². The maximum atomic E-state index is 5.81. The Balaban J connectivity index is 1.60. The topological polar surface area (TPSA) is 37.5 Å². The Labute approximate surface area is 117 Å². The van der Waals surface area contributed by atoms with Crippen LogP contribution in [0.1, 0.15) is 30.8 Å². The van der Waals surface area contributed by atoms with Gasteiger partial charge < -0.3 is 4.42 Å². The third kappa shape index (κ3) is 2.99. The summed E-state index contributed by atoms with van der Waals surface area (Å²) >= 11 is 5.81. The smallest absolute Gasteiger partial charge is 0.147 e. The number of hydrogen-bond donors (Lipinski definition) is 1. The number of nitrogens with one attached hydrogen (secondary N) is 1. The third-order valence-corrected chi connectivity index (χ3v) is 3.60. The molecule has 0 radical (unpaired) electrons. The fourth-order valence-corrected chi connectivity index (χ4v) is 2.18. The molecular weight excluding hydrogens is 260 g/mol. The van der Waals surface area contributed by atoms with Crippen LogP contribution in [0.25, 0.3) is 0 Å². The van der Waals surface area contributed by atoms with E-state index in [9.17, 15) is 0 Å². The Morgan fingerprint density at radius 3 is 2.68 bits per heavy atom. The highest BCUT2D eigenvalue weighted by Gasteiger charge is 2.36. The maximum absolute atomic E-state index is 5.81. The highest BCUT2D eigenvalue weighted by molar-refractivity contribution is 6.30. The molecule has 0 bridgehead atoms. The first-order valence-electron chi connectivity index (χ1n) is 6.37. The van der Waals surface area contributed by atoms with Crippen LogP contribution in [-0.2, 0) is 0 Å². The van der Waals surface area contributed by atoms with E-state index in [0.29, 0.717) is 10.9 Å². The molecule has 1 saturated carbocycles. The van der Waals surface area contributed by atoms with Crippen LogP contribution in [0.15, 0.2) is 45.9 Å². The van der Waals surface area contributed by atoms with Crippen molar-refractivity contribution < 1.29 is 4.42 Å². The van der Waals surface area contributed by atoms with Gasteiger partial charge in [0.15, 0.2) is 0 Å². The van der Waals surface area contributed by atoms with Gasteiger partial charge in [0, 0.05) is 10.9 Å². The van der Waals surface area contributed by atoms with Crippen molar-refractivity contribution >= 4 is 23.5 Å². The molecule has 0 amide bonds. The van der Waals surface area contributed by atoms with Crippen molar-refractivity contribution in [3.63, 3.8) is 0 Å². The monoisotopic (exact) mass is 274 g/mol. The number of rotatable bonds is 4. The second-order valence-corrected chi connectivity index (χ2v) is 5.37. The largest absolute Gasteiger partial charge is 0.460 e. The zero-order valence-electron chi connectivity index (χ0n) is 10.6. The molecule has 1 aliphatic carbocycles. The molecule has 0 aliphatic heterocycles. The molecule has 1 N–H and O–H groups in total. The number of anilines is 1. The van der Waals surface area contributed by atoms with Crippen LogP contribution < -0.4 is 5.43 Å². The van der Waals surface area contributed by atoms with Crippen LogP contribution in [0, 0.1) is 5.92 Å². The van der Waals surface area contributed by atoms with Crippen molar-refractivity contribution in [2.45, 2.75) is 19.3 Å². The molecule has 98 valence electrons. The van der Waals surface area contributed by atoms with E-state index in [4.69, 9.17) is 16.0 Å². The molecule has 3 rings (SSSR count). The first-order chi connectivity index (χ1) is 9.22. The number of benzene rings is 1. The standard InChI is InChI=1S/C15H15ClN2O/c1-10-8-14(10)15-7-6-13(19-15)9-17-18-12-4-2-11(16)3-5-12/h2-7,9-10,14,18H,8H2,1H3/b17-9-/t10-,14+/m1/s1. The van der Waals surface area contributed by atoms with Gasteiger partial charge in [-0.05, 0) is 48.7 Å². The highest BCUT2D eigenvalue weighted by Crippen LogP contribution is 2.47. The molecule has 19 heavy (non-hydrogen) atoms. The Hall–Kier alpha value is -1.74. The van der Waals surface area contributed by atoms with E-state index in [1.807, 2.05) is 36.4 Å². The summed E-state index contributed by atoms with van der Waals surface area (Å²) in [5.41, 5.74) is 3.83. The number of hydrogen-bond acceptors (Lipinski definition) is 3. The first-order valence-corrected chi connectivity index (χ1v) is 6.74. The highest BCUT2D eigenvalue weighted by atomic mass is 35.5. The molecule has 2 aromatic rings. The Kier molecular flexibility index (Phi) is 3.30. The summed E-state index contributed by atoms with van der Waals surface area (Å²) in [4.78, 5) is 0. The lowest BCUT2D eigenvalue weighted by atomic mass is 10.3. The van der Waals surface area contributed by atoms with Crippen molar-refractivity contribution in [2.75, 3.05) is 5.43 Å². The van der Waals surface area contributed by atoms with Gasteiger partial charge in [-0.2, -0.15) is 5.10 Å². The fourth-order valence-electron chi connectivity index (χ4n) is 2.05. The van der Waals surface area contributed by atoms with Crippen LogP contribution in [0.2, 0.25) is 5.02 Å². The average molecular weight is 275 g/mol. The molecule has 1 aromatic heterocycles. The molecule has 1 aliphatic rings. The zero-order valence-corrected chi connectivity index (χ0v) is 11.4. The second-order valence-electron chi connectivity index (χ2n) is 4.94. The van der Waals surface area contributed by atoms with Gasteiger partial charge in [0.2, 0.25) is 0 Å². The maximum Gasteiger partial charge on any atom is 0.147 e. The van der Waals surface area contributed by atoms with Crippen molar-refractivity contribution in [3.8, 4) is 0 Å². The molecule has 0 unspecified atom stereocenters. The SMILES string of the molecule is C[C@@H]1C[C@@H]1c1ccc(/C=N\Nc2ccc(Cl)cc2)o1. The van der Waals surface area contributed by atoms with E-state index in [2.05, 4.69) is 17.5 Å². The fraction of sp³-hybridized carbons (Fsp3) is 0.267. The predicted molar refractivity (Wildman–Crippen MR) is 77.9 cm³/mol.